The second-order valence-corrected chi connectivity index (χ2v) is 10.3. The molecule has 2 atom stereocenters. The maximum Gasteiger partial charge on any atom is 0.232 e. The van der Waals surface area contributed by atoms with Crippen molar-refractivity contribution in [1.82, 2.24) is 0 Å². The van der Waals surface area contributed by atoms with Gasteiger partial charge in [0.25, 0.3) is 0 Å². The van der Waals surface area contributed by atoms with Crippen LogP contribution in [0.4, 0.5) is 0 Å². The van der Waals surface area contributed by atoms with Crippen molar-refractivity contribution in [2.75, 3.05) is 13.1 Å². The Morgan fingerprint density at radius 3 is 2.69 bits per heavy atom. The number of furan rings is 1. The van der Waals surface area contributed by atoms with Crippen LogP contribution in [-0.4, -0.2) is 18.9 Å². The average molecular weight is 496 g/mol. The first-order valence-electron chi connectivity index (χ1n) is 11.1. The maximum atomic E-state index is 13.2. The van der Waals surface area contributed by atoms with E-state index in [0.29, 0.717) is 46.6 Å². The van der Waals surface area contributed by atoms with Gasteiger partial charge in [-0.05, 0) is 43.2 Å². The lowest BCUT2D eigenvalue weighted by Crippen LogP contribution is -3.13. The van der Waals surface area contributed by atoms with Gasteiger partial charge in [-0.25, -0.2) is 0 Å². The molecule has 0 amide bonds. The molecule has 5 nitrogen and oxygen atoms in total. The molecule has 0 radical (unpaired) electrons. The fraction of sp³-hybridized carbons (Fsp3) is 0.346. The van der Waals surface area contributed by atoms with Gasteiger partial charge >= 0.3 is 0 Å². The monoisotopic (exact) mass is 495 g/mol. The van der Waals surface area contributed by atoms with Gasteiger partial charge in [0.05, 0.1) is 18.7 Å². The van der Waals surface area contributed by atoms with E-state index >= 15 is 0 Å². The summed E-state index contributed by atoms with van der Waals surface area (Å²) >= 11 is 3.46. The molecule has 0 aliphatic carbocycles. The van der Waals surface area contributed by atoms with Crippen molar-refractivity contribution in [3.63, 3.8) is 0 Å². The number of allylic oxidation sites excluding steroid dienone is 1. The van der Waals surface area contributed by atoms with Gasteiger partial charge in [-0.2, -0.15) is 0 Å². The molecule has 2 aromatic carbocycles. The zero-order chi connectivity index (χ0) is 22.6. The molecule has 166 valence electrons. The number of quaternary nitrogens is 1. The molecule has 3 aromatic rings. The minimum atomic E-state index is -0.198. The number of halogens is 1. The van der Waals surface area contributed by atoms with E-state index < -0.39 is 0 Å². The fourth-order valence-corrected chi connectivity index (χ4v) is 5.67. The summed E-state index contributed by atoms with van der Waals surface area (Å²) in [6.07, 6.45) is 2.84. The van der Waals surface area contributed by atoms with E-state index in [9.17, 15) is 9.90 Å². The molecule has 3 heterocycles. The number of nitrogens with one attached hydrogen (secondary N) is 1. The van der Waals surface area contributed by atoms with Crippen molar-refractivity contribution in [2.45, 2.75) is 33.7 Å². The van der Waals surface area contributed by atoms with Gasteiger partial charge in [-0.1, -0.05) is 41.6 Å². The summed E-state index contributed by atoms with van der Waals surface area (Å²) < 4.78 is 12.9. The van der Waals surface area contributed by atoms with Crippen LogP contribution in [0.2, 0.25) is 0 Å². The molecule has 5 rings (SSSR count). The lowest BCUT2D eigenvalue weighted by Gasteiger charge is -2.33. The van der Waals surface area contributed by atoms with Gasteiger partial charge < -0.3 is 19.2 Å². The second kappa shape index (κ2) is 8.09. The number of piperidine rings is 1. The minimum absolute atomic E-state index is 0.0535. The zero-order valence-electron chi connectivity index (χ0n) is 18.5. The van der Waals surface area contributed by atoms with Crippen molar-refractivity contribution in [1.29, 1.82) is 0 Å². The molecule has 0 spiro atoms. The Hall–Kier alpha value is -2.57. The van der Waals surface area contributed by atoms with E-state index in [0.717, 1.165) is 28.5 Å². The molecule has 2 aliphatic rings. The smallest absolute Gasteiger partial charge is 0.232 e. The molecule has 1 aromatic heterocycles. The van der Waals surface area contributed by atoms with Crippen LogP contribution >= 0.6 is 15.9 Å². The van der Waals surface area contributed by atoms with Crippen molar-refractivity contribution >= 4 is 38.8 Å². The van der Waals surface area contributed by atoms with Crippen molar-refractivity contribution in [3.8, 4) is 11.5 Å². The number of ether oxygens (including phenoxy) is 1. The van der Waals surface area contributed by atoms with Crippen molar-refractivity contribution in [2.24, 2.45) is 11.8 Å². The van der Waals surface area contributed by atoms with Gasteiger partial charge in [0.1, 0.15) is 23.6 Å². The standard InChI is InChI=1S/C26H26BrNO4/c1-14-6-15(2)12-28(11-14)13-20-21(29)7-16(3)24-25(30)23(32-26(20)24)10-19-9-17-8-18(27)4-5-22(17)31-19/h4-5,7-10,14-15,29H,6,11-13H2,1-3H3. The van der Waals surface area contributed by atoms with E-state index in [1.807, 2.05) is 24.3 Å². The van der Waals surface area contributed by atoms with Gasteiger partial charge in [0.2, 0.25) is 5.78 Å². The molecular weight excluding hydrogens is 470 g/mol. The average Bonchev–Trinajstić information content (AvgIpc) is 3.25. The normalized spacial score (nSPS) is 24.2. The lowest BCUT2D eigenvalue weighted by atomic mass is 9.91. The highest BCUT2D eigenvalue weighted by Crippen LogP contribution is 2.41. The van der Waals surface area contributed by atoms with Gasteiger partial charge in [-0.3, -0.25) is 4.79 Å². The first-order chi connectivity index (χ1) is 15.3. The highest BCUT2D eigenvalue weighted by molar-refractivity contribution is 9.10. The highest BCUT2D eigenvalue weighted by Gasteiger charge is 2.34. The summed E-state index contributed by atoms with van der Waals surface area (Å²) in [6.45, 7) is 8.95. The summed E-state index contributed by atoms with van der Waals surface area (Å²) in [6, 6.07) is 9.20. The highest BCUT2D eigenvalue weighted by atomic mass is 79.9. The summed E-state index contributed by atoms with van der Waals surface area (Å²) in [5, 5.41) is 13.8. The van der Waals surface area contributed by atoms with Crippen LogP contribution in [0, 0.1) is 18.8 Å². The molecule has 32 heavy (non-hydrogen) atoms. The van der Waals surface area contributed by atoms with Crippen LogP contribution in [0.15, 0.2) is 45.0 Å². The Labute approximate surface area is 195 Å². The van der Waals surface area contributed by atoms with Crippen LogP contribution in [0.5, 0.6) is 11.5 Å². The summed E-state index contributed by atoms with van der Waals surface area (Å²) in [5.74, 6) is 2.16. The Kier molecular flexibility index (Phi) is 5.38. The Balaban J connectivity index is 1.49. The quantitative estimate of drug-likeness (QED) is 0.551. The Morgan fingerprint density at radius 2 is 1.94 bits per heavy atom. The molecule has 0 saturated carbocycles. The number of Topliss-reactive ketones (excluding diaryl/α,β-unsaturated/α-hetero) is 1. The van der Waals surface area contributed by atoms with Crippen LogP contribution < -0.4 is 14.7 Å². The van der Waals surface area contributed by atoms with Crippen molar-refractivity contribution < 1.29 is 24.0 Å². The third kappa shape index (κ3) is 3.86. The minimum Gasteiger partial charge on any atom is -0.872 e. The summed E-state index contributed by atoms with van der Waals surface area (Å²) in [5.41, 5.74) is 2.50. The molecule has 0 bridgehead atoms. The number of fused-ring (bicyclic) bond motifs is 2. The Bertz CT molecular complexity index is 1250. The van der Waals surface area contributed by atoms with Crippen LogP contribution in [0.1, 0.15) is 47.5 Å². The van der Waals surface area contributed by atoms with E-state index in [4.69, 9.17) is 9.15 Å². The topological polar surface area (TPSA) is 66.9 Å². The van der Waals surface area contributed by atoms with Gasteiger partial charge in [0.15, 0.2) is 5.76 Å². The van der Waals surface area contributed by atoms with E-state index in [-0.39, 0.29) is 17.3 Å². The first kappa shape index (κ1) is 21.3. The predicted molar refractivity (Wildman–Crippen MR) is 125 cm³/mol. The van der Waals surface area contributed by atoms with Crippen LogP contribution in [0.25, 0.3) is 17.0 Å². The van der Waals surface area contributed by atoms with Crippen LogP contribution in [-0.2, 0) is 6.54 Å². The summed E-state index contributed by atoms with van der Waals surface area (Å²) in [4.78, 5) is 14.6. The van der Waals surface area contributed by atoms with E-state index in [1.54, 1.807) is 19.1 Å². The third-order valence-corrected chi connectivity index (χ3v) is 6.97. The van der Waals surface area contributed by atoms with Crippen LogP contribution in [0.3, 0.4) is 0 Å². The predicted octanol–water partition coefficient (Wildman–Crippen LogP) is 4.25. The molecule has 1 saturated heterocycles. The molecular formula is C26H26BrNO4. The number of likely N-dealkylation sites (tertiary alicyclic amines) is 1. The number of rotatable bonds is 3. The van der Waals surface area contributed by atoms with E-state index in [1.165, 1.54) is 11.3 Å². The molecule has 1 N–H and O–H groups in total. The number of carbonyl (C=O) groups is 1. The van der Waals surface area contributed by atoms with Gasteiger partial charge in [-0.15, -0.1) is 0 Å². The molecule has 2 aliphatic heterocycles. The Morgan fingerprint density at radius 1 is 1.19 bits per heavy atom. The molecule has 6 heteroatoms. The number of benzene rings is 2. The van der Waals surface area contributed by atoms with Gasteiger partial charge in [0, 0.05) is 33.3 Å². The number of ketones is 1. The van der Waals surface area contributed by atoms with Crippen molar-refractivity contribution in [3.05, 3.63) is 63.0 Å². The maximum absolute atomic E-state index is 13.2. The number of hydrogen-bond acceptors (Lipinski definition) is 4. The SMILES string of the molecule is Cc1cc([O-])c(C[NH+]2CC(C)CC(C)C2)c2c1C(=O)C(=Cc1cc3cc(Br)ccc3o1)O2. The first-order valence-corrected chi connectivity index (χ1v) is 11.9. The summed E-state index contributed by atoms with van der Waals surface area (Å²) in [7, 11) is 0. The zero-order valence-corrected chi connectivity index (χ0v) is 20.0. The molecule has 1 fully saturated rings. The van der Waals surface area contributed by atoms with E-state index in [2.05, 4.69) is 29.8 Å². The number of hydrogen-bond donors (Lipinski definition) is 1. The largest absolute Gasteiger partial charge is 0.872 e. The number of carbonyl (C=O) groups excluding carboxylic acids is 1. The molecule has 2 unspecified atom stereocenters. The third-order valence-electron chi connectivity index (χ3n) is 6.48. The number of aryl methyl sites for hydroxylation is 1. The lowest BCUT2D eigenvalue weighted by molar-refractivity contribution is -0.925. The second-order valence-electron chi connectivity index (χ2n) is 9.43. The fourth-order valence-electron chi connectivity index (χ4n) is 5.29.